The second kappa shape index (κ2) is 4.51. The molecule has 0 aliphatic rings. The van der Waals surface area contributed by atoms with E-state index >= 15 is 0 Å². The van der Waals surface area contributed by atoms with Gasteiger partial charge in [-0.05, 0) is 12.1 Å². The number of phenols is 1. The predicted molar refractivity (Wildman–Crippen MR) is 55.5 cm³/mol. The van der Waals surface area contributed by atoms with Gasteiger partial charge in [-0.3, -0.25) is 4.79 Å². The van der Waals surface area contributed by atoms with Gasteiger partial charge in [0.15, 0.2) is 0 Å². The molecule has 4 heteroatoms. The van der Waals surface area contributed by atoms with Crippen molar-refractivity contribution in [3.63, 3.8) is 0 Å². The highest BCUT2D eigenvalue weighted by Gasteiger charge is 2.01. The lowest BCUT2D eigenvalue weighted by atomic mass is 10.3. The van der Waals surface area contributed by atoms with Crippen molar-refractivity contribution in [3.05, 3.63) is 41.6 Å². The third-order valence-corrected chi connectivity index (χ3v) is 1.77. The van der Waals surface area contributed by atoms with E-state index in [0.29, 0.717) is 5.69 Å². The zero-order valence-electron chi connectivity index (χ0n) is 7.25. The minimum Gasteiger partial charge on any atom is -0.506 e. The van der Waals surface area contributed by atoms with Crippen molar-refractivity contribution in [2.75, 3.05) is 5.32 Å². The molecule has 0 radical (unpaired) electrons. The van der Waals surface area contributed by atoms with E-state index < -0.39 is 0 Å². The average molecular weight is 210 g/mol. The zero-order chi connectivity index (χ0) is 10.6. The molecule has 0 atom stereocenters. The second-order valence-corrected chi connectivity index (χ2v) is 2.91. The summed E-state index contributed by atoms with van der Waals surface area (Å²) in [5.74, 6) is -0.436. The Kier molecular flexibility index (Phi) is 3.35. The summed E-state index contributed by atoms with van der Waals surface area (Å²) < 4.78 is 0. The van der Waals surface area contributed by atoms with Crippen LogP contribution in [0.2, 0.25) is 5.02 Å². The van der Waals surface area contributed by atoms with E-state index in [1.807, 2.05) is 0 Å². The third-order valence-electron chi connectivity index (χ3n) is 1.45. The number of amides is 1. The first kappa shape index (κ1) is 10.4. The van der Waals surface area contributed by atoms with Crippen LogP contribution >= 0.6 is 11.6 Å². The van der Waals surface area contributed by atoms with Gasteiger partial charge in [-0.1, -0.05) is 18.2 Å². The fourth-order valence-corrected chi connectivity index (χ4v) is 0.979. The van der Waals surface area contributed by atoms with Crippen LogP contribution in [0.5, 0.6) is 5.75 Å². The molecule has 1 aromatic rings. The number of aromatic hydroxyl groups is 1. The summed E-state index contributed by atoms with van der Waals surface area (Å²) in [6, 6.07) is 4.43. The van der Waals surface area contributed by atoms with Gasteiger partial charge < -0.3 is 10.4 Å². The van der Waals surface area contributed by atoms with Crippen LogP contribution in [-0.4, -0.2) is 11.0 Å². The lowest BCUT2D eigenvalue weighted by molar-refractivity contribution is -0.111. The second-order valence-electron chi connectivity index (χ2n) is 2.50. The van der Waals surface area contributed by atoms with Crippen molar-refractivity contribution in [2.24, 2.45) is 0 Å². The van der Waals surface area contributed by atoms with Crippen LogP contribution in [0.15, 0.2) is 36.6 Å². The van der Waals surface area contributed by atoms with Crippen molar-refractivity contribution >= 4 is 23.2 Å². The number of carbonyl (C=O) groups is 1. The van der Waals surface area contributed by atoms with Crippen LogP contribution in [0, 0.1) is 0 Å². The van der Waals surface area contributed by atoms with Crippen molar-refractivity contribution in [1.82, 2.24) is 0 Å². The summed E-state index contributed by atoms with van der Waals surface area (Å²) in [5, 5.41) is 12.0. The fourth-order valence-electron chi connectivity index (χ4n) is 0.861. The molecule has 0 saturated heterocycles. The minimum absolute atomic E-state index is 0.0768. The molecule has 0 fully saturated rings. The Bertz CT molecular complexity index is 409. The summed E-state index contributed by atoms with van der Waals surface area (Å²) in [6.45, 7) is 3.26. The van der Waals surface area contributed by atoms with Crippen LogP contribution in [0.1, 0.15) is 0 Å². The normalized spacial score (nSPS) is 8.93. The number of hydrogen-bond donors (Lipinski definition) is 2. The maximum atomic E-state index is 11.0. The molecule has 72 valence electrons. The summed E-state index contributed by atoms with van der Waals surface area (Å²) in [7, 11) is 0. The number of benzene rings is 1. The van der Waals surface area contributed by atoms with Gasteiger partial charge in [0.25, 0.3) is 5.91 Å². The summed E-state index contributed by atoms with van der Waals surface area (Å²) in [6.07, 6.45) is 1.16. The molecule has 14 heavy (non-hydrogen) atoms. The van der Waals surface area contributed by atoms with Crippen LogP contribution in [0.25, 0.3) is 0 Å². The van der Waals surface area contributed by atoms with Gasteiger partial charge in [0.2, 0.25) is 0 Å². The lowest BCUT2D eigenvalue weighted by Crippen LogP contribution is -2.06. The van der Waals surface area contributed by atoms with E-state index in [-0.39, 0.29) is 16.7 Å². The number of carbonyl (C=O) groups excluding carboxylic acids is 1. The lowest BCUT2D eigenvalue weighted by Gasteiger charge is -2.02. The highest BCUT2D eigenvalue weighted by atomic mass is 35.5. The molecule has 3 nitrogen and oxygen atoms in total. The third kappa shape index (κ3) is 2.66. The quantitative estimate of drug-likeness (QED) is 0.580. The van der Waals surface area contributed by atoms with Crippen molar-refractivity contribution in [2.45, 2.75) is 0 Å². The van der Waals surface area contributed by atoms with E-state index in [9.17, 15) is 9.90 Å². The van der Waals surface area contributed by atoms with E-state index in [1.54, 1.807) is 6.07 Å². The number of phenolic OH excluding ortho intramolecular Hbond substituents is 1. The number of halogens is 1. The number of rotatable bonds is 2. The maximum Gasteiger partial charge on any atom is 0.256 e. The molecule has 0 unspecified atom stereocenters. The molecule has 0 aliphatic heterocycles. The van der Waals surface area contributed by atoms with E-state index in [4.69, 9.17) is 11.6 Å². The largest absolute Gasteiger partial charge is 0.506 e. The number of anilines is 1. The molecule has 2 N–H and O–H groups in total. The van der Waals surface area contributed by atoms with Gasteiger partial charge in [-0.2, -0.15) is 0 Å². The van der Waals surface area contributed by atoms with E-state index in [0.717, 1.165) is 6.08 Å². The predicted octanol–water partition coefficient (Wildman–Crippen LogP) is 2.33. The number of nitrogens with one attached hydrogen (secondary N) is 1. The molecule has 0 aromatic heterocycles. The zero-order valence-corrected chi connectivity index (χ0v) is 8.01. The smallest absolute Gasteiger partial charge is 0.256 e. The molecular formula is C10H8ClNO2. The maximum absolute atomic E-state index is 11.0. The average Bonchev–Trinajstić information content (AvgIpc) is 2.12. The summed E-state index contributed by atoms with van der Waals surface area (Å²) in [4.78, 5) is 11.0. The molecule has 0 saturated carbocycles. The first-order chi connectivity index (χ1) is 6.63. The first-order valence-corrected chi connectivity index (χ1v) is 4.16. The molecule has 0 heterocycles. The Morgan fingerprint density at radius 1 is 1.64 bits per heavy atom. The SMILES string of the molecule is C=C=CC(=O)Nc1ccc(Cl)c(O)c1. The molecule has 0 aliphatic carbocycles. The molecule has 1 rings (SSSR count). The highest BCUT2D eigenvalue weighted by Crippen LogP contribution is 2.25. The Labute approximate surface area is 86.3 Å². The van der Waals surface area contributed by atoms with Crippen LogP contribution < -0.4 is 5.32 Å². The van der Waals surface area contributed by atoms with Crippen LogP contribution in [0.3, 0.4) is 0 Å². The summed E-state index contributed by atoms with van der Waals surface area (Å²) in [5.41, 5.74) is 2.80. The molecular weight excluding hydrogens is 202 g/mol. The Morgan fingerprint density at radius 3 is 2.93 bits per heavy atom. The number of hydrogen-bond acceptors (Lipinski definition) is 2. The minimum atomic E-state index is -0.360. The molecule has 0 spiro atoms. The Balaban J connectivity index is 2.83. The highest BCUT2D eigenvalue weighted by molar-refractivity contribution is 6.32. The standard InChI is InChI=1S/C10H8ClNO2/c1-2-3-10(14)12-7-4-5-8(11)9(13)6-7/h3-6,13H,1H2,(H,12,14). The van der Waals surface area contributed by atoms with Gasteiger partial charge in [0.1, 0.15) is 5.75 Å². The molecule has 1 aromatic carbocycles. The van der Waals surface area contributed by atoms with Gasteiger partial charge >= 0.3 is 0 Å². The van der Waals surface area contributed by atoms with Gasteiger partial charge in [-0.25, -0.2) is 0 Å². The van der Waals surface area contributed by atoms with E-state index in [1.165, 1.54) is 12.1 Å². The molecule has 0 bridgehead atoms. The van der Waals surface area contributed by atoms with Crippen molar-refractivity contribution in [1.29, 1.82) is 0 Å². The van der Waals surface area contributed by atoms with Crippen LogP contribution in [0.4, 0.5) is 5.69 Å². The Hall–Kier alpha value is -1.70. The monoisotopic (exact) mass is 209 g/mol. The van der Waals surface area contributed by atoms with Gasteiger partial charge in [-0.15, -0.1) is 5.73 Å². The van der Waals surface area contributed by atoms with Crippen LogP contribution in [-0.2, 0) is 4.79 Å². The fraction of sp³-hybridized carbons (Fsp3) is 0. The van der Waals surface area contributed by atoms with E-state index in [2.05, 4.69) is 17.6 Å². The van der Waals surface area contributed by atoms with Crippen molar-refractivity contribution in [3.8, 4) is 5.75 Å². The topological polar surface area (TPSA) is 49.3 Å². The summed E-state index contributed by atoms with van der Waals surface area (Å²) >= 11 is 5.59. The Morgan fingerprint density at radius 2 is 2.36 bits per heavy atom. The van der Waals surface area contributed by atoms with Gasteiger partial charge in [0.05, 0.1) is 5.02 Å². The molecule has 1 amide bonds. The first-order valence-electron chi connectivity index (χ1n) is 3.79. The van der Waals surface area contributed by atoms with Crippen molar-refractivity contribution < 1.29 is 9.90 Å². The van der Waals surface area contributed by atoms with Gasteiger partial charge in [0, 0.05) is 17.8 Å².